The van der Waals surface area contributed by atoms with Crippen LogP contribution in [-0.2, 0) is 15.6 Å². The Kier molecular flexibility index (Phi) is 7.14. The number of carbonyl (C=O) groups excluding carboxylic acids is 1. The molecule has 1 unspecified atom stereocenters. The van der Waals surface area contributed by atoms with Crippen LogP contribution >= 0.6 is 0 Å². The predicted octanol–water partition coefficient (Wildman–Crippen LogP) is 2.74. The zero-order valence-corrected chi connectivity index (χ0v) is 18.1. The van der Waals surface area contributed by atoms with Gasteiger partial charge >= 0.3 is 6.03 Å². The highest BCUT2D eigenvalue weighted by molar-refractivity contribution is 7.90. The third-order valence-electron chi connectivity index (χ3n) is 5.39. The van der Waals surface area contributed by atoms with Crippen LogP contribution in [-0.4, -0.2) is 70.3 Å². The van der Waals surface area contributed by atoms with Crippen molar-refractivity contribution >= 4 is 26.6 Å². The Hall–Kier alpha value is -2.12. The van der Waals surface area contributed by atoms with Crippen molar-refractivity contribution in [1.29, 1.82) is 0 Å². The van der Waals surface area contributed by atoms with Crippen LogP contribution in [0.5, 0.6) is 0 Å². The average Bonchev–Trinajstić information content (AvgIpc) is 2.67. The second-order valence-electron chi connectivity index (χ2n) is 8.18. The summed E-state index contributed by atoms with van der Waals surface area (Å²) in [6, 6.07) is 13.6. The van der Waals surface area contributed by atoms with Gasteiger partial charge in [0.25, 0.3) is 0 Å². The van der Waals surface area contributed by atoms with E-state index in [1.165, 1.54) is 0 Å². The monoisotopic (exact) mass is 417 g/mol. The Morgan fingerprint density at radius 2 is 1.93 bits per heavy atom. The number of likely N-dealkylation sites (N-methyl/N-ethyl adjacent to an activating group) is 1. The lowest BCUT2D eigenvalue weighted by atomic mass is 10.0. The zero-order chi connectivity index (χ0) is 20.9. The Balaban J connectivity index is 1.60. The maximum absolute atomic E-state index is 12.9. The molecule has 1 atom stereocenters. The number of hydrogen-bond acceptors (Lipinski definition) is 4. The number of carbonyl (C=O) groups is 1. The zero-order valence-electron chi connectivity index (χ0n) is 17.3. The SMILES string of the molecule is CN(C)CCNC(=O)N1CCCC(CS(=O)(=O)Cc2cccc3ccccc23)C1. The molecule has 0 aromatic heterocycles. The molecule has 158 valence electrons. The fraction of sp³-hybridized carbons (Fsp3) is 0.500. The van der Waals surface area contributed by atoms with Crippen molar-refractivity contribution in [3.8, 4) is 0 Å². The van der Waals surface area contributed by atoms with Crippen molar-refractivity contribution in [2.45, 2.75) is 18.6 Å². The van der Waals surface area contributed by atoms with Gasteiger partial charge in [-0.1, -0.05) is 42.5 Å². The third-order valence-corrected chi connectivity index (χ3v) is 7.12. The third kappa shape index (κ3) is 6.18. The molecule has 2 aromatic carbocycles. The molecule has 1 saturated heterocycles. The molecule has 1 N–H and O–H groups in total. The van der Waals surface area contributed by atoms with Gasteiger partial charge in [-0.3, -0.25) is 0 Å². The largest absolute Gasteiger partial charge is 0.337 e. The number of sulfone groups is 1. The molecule has 3 rings (SSSR count). The summed E-state index contributed by atoms with van der Waals surface area (Å²) in [4.78, 5) is 16.1. The maximum Gasteiger partial charge on any atom is 0.317 e. The van der Waals surface area contributed by atoms with E-state index in [9.17, 15) is 13.2 Å². The lowest BCUT2D eigenvalue weighted by molar-refractivity contribution is 0.169. The van der Waals surface area contributed by atoms with Gasteiger partial charge in [0, 0.05) is 26.2 Å². The van der Waals surface area contributed by atoms with Gasteiger partial charge in [-0.25, -0.2) is 13.2 Å². The number of benzene rings is 2. The van der Waals surface area contributed by atoms with Gasteiger partial charge < -0.3 is 15.1 Å². The number of nitrogens with one attached hydrogen (secondary N) is 1. The summed E-state index contributed by atoms with van der Waals surface area (Å²) in [5.74, 6) is 0.153. The smallest absolute Gasteiger partial charge is 0.317 e. The highest BCUT2D eigenvalue weighted by Crippen LogP contribution is 2.24. The molecule has 0 bridgehead atoms. The van der Waals surface area contributed by atoms with Crippen LogP contribution in [0.15, 0.2) is 42.5 Å². The van der Waals surface area contributed by atoms with Gasteiger partial charge in [0.05, 0.1) is 11.5 Å². The molecule has 2 aromatic rings. The van der Waals surface area contributed by atoms with Crippen LogP contribution in [0, 0.1) is 5.92 Å². The summed E-state index contributed by atoms with van der Waals surface area (Å²) in [7, 11) is 0.656. The topological polar surface area (TPSA) is 69.7 Å². The van der Waals surface area contributed by atoms with Crippen molar-refractivity contribution in [2.24, 2.45) is 5.92 Å². The molecule has 0 saturated carbocycles. The van der Waals surface area contributed by atoms with Crippen LogP contribution in [0.2, 0.25) is 0 Å². The number of hydrogen-bond donors (Lipinski definition) is 1. The highest BCUT2D eigenvalue weighted by atomic mass is 32.2. The highest BCUT2D eigenvalue weighted by Gasteiger charge is 2.27. The number of piperidine rings is 1. The quantitative estimate of drug-likeness (QED) is 0.752. The molecule has 0 spiro atoms. The van der Waals surface area contributed by atoms with Crippen LogP contribution in [0.1, 0.15) is 18.4 Å². The lowest BCUT2D eigenvalue weighted by Crippen LogP contribution is -2.47. The first-order valence-corrected chi connectivity index (χ1v) is 12.0. The minimum Gasteiger partial charge on any atom is -0.337 e. The molecule has 1 heterocycles. The Bertz CT molecular complexity index is 938. The van der Waals surface area contributed by atoms with Crippen molar-refractivity contribution < 1.29 is 13.2 Å². The molecule has 6 nitrogen and oxygen atoms in total. The van der Waals surface area contributed by atoms with Gasteiger partial charge in [-0.2, -0.15) is 0 Å². The van der Waals surface area contributed by atoms with E-state index in [1.54, 1.807) is 4.90 Å². The van der Waals surface area contributed by atoms with Gasteiger partial charge in [-0.15, -0.1) is 0 Å². The normalized spacial score (nSPS) is 17.6. The summed E-state index contributed by atoms with van der Waals surface area (Å²) in [6.45, 7) is 2.56. The molecule has 1 aliphatic rings. The molecule has 1 aliphatic heterocycles. The second kappa shape index (κ2) is 9.59. The summed E-state index contributed by atoms with van der Waals surface area (Å²) < 4.78 is 25.8. The van der Waals surface area contributed by atoms with Crippen molar-refractivity contribution in [2.75, 3.05) is 46.0 Å². The average molecular weight is 418 g/mol. The minimum absolute atomic E-state index is 0.0108. The first-order valence-electron chi connectivity index (χ1n) is 10.2. The number of amides is 2. The molecular formula is C22H31N3O3S. The van der Waals surface area contributed by atoms with Crippen LogP contribution < -0.4 is 5.32 Å². The second-order valence-corrected chi connectivity index (χ2v) is 10.3. The van der Waals surface area contributed by atoms with Gasteiger partial charge in [0.2, 0.25) is 0 Å². The molecule has 1 fully saturated rings. The van der Waals surface area contributed by atoms with E-state index in [0.717, 1.165) is 35.7 Å². The van der Waals surface area contributed by atoms with E-state index < -0.39 is 9.84 Å². The van der Waals surface area contributed by atoms with Crippen LogP contribution in [0.3, 0.4) is 0 Å². The van der Waals surface area contributed by atoms with Crippen molar-refractivity contribution in [3.63, 3.8) is 0 Å². The first-order chi connectivity index (χ1) is 13.8. The van der Waals surface area contributed by atoms with Gasteiger partial charge in [-0.05, 0) is 49.2 Å². The fourth-order valence-electron chi connectivity index (χ4n) is 3.96. The molecule has 7 heteroatoms. The van der Waals surface area contributed by atoms with Crippen LogP contribution in [0.25, 0.3) is 10.8 Å². The fourth-order valence-corrected chi connectivity index (χ4v) is 5.79. The van der Waals surface area contributed by atoms with Crippen molar-refractivity contribution in [3.05, 3.63) is 48.0 Å². The Morgan fingerprint density at radius 1 is 1.17 bits per heavy atom. The molecule has 29 heavy (non-hydrogen) atoms. The molecule has 0 radical (unpaired) electrons. The summed E-state index contributed by atoms with van der Waals surface area (Å²) in [5.41, 5.74) is 0.845. The van der Waals surface area contributed by atoms with E-state index in [1.807, 2.05) is 61.5 Å². The molecule has 2 amide bonds. The van der Waals surface area contributed by atoms with Crippen molar-refractivity contribution in [1.82, 2.24) is 15.1 Å². The van der Waals surface area contributed by atoms with Crippen LogP contribution in [0.4, 0.5) is 4.79 Å². The first kappa shape index (κ1) is 21.6. The number of rotatable bonds is 7. The van der Waals surface area contributed by atoms with Gasteiger partial charge in [0.1, 0.15) is 0 Å². The van der Waals surface area contributed by atoms with E-state index in [4.69, 9.17) is 0 Å². The Morgan fingerprint density at radius 3 is 2.72 bits per heavy atom. The molecular weight excluding hydrogens is 386 g/mol. The van der Waals surface area contributed by atoms with E-state index in [0.29, 0.717) is 19.6 Å². The minimum atomic E-state index is -3.27. The van der Waals surface area contributed by atoms with E-state index in [2.05, 4.69) is 5.32 Å². The predicted molar refractivity (Wildman–Crippen MR) is 118 cm³/mol. The summed E-state index contributed by atoms with van der Waals surface area (Å²) in [6.07, 6.45) is 1.69. The number of urea groups is 1. The number of nitrogens with zero attached hydrogens (tertiary/aromatic N) is 2. The summed E-state index contributed by atoms with van der Waals surface area (Å²) in [5, 5.41) is 4.97. The number of likely N-dealkylation sites (tertiary alicyclic amines) is 1. The lowest BCUT2D eigenvalue weighted by Gasteiger charge is -2.32. The maximum atomic E-state index is 12.9. The summed E-state index contributed by atoms with van der Waals surface area (Å²) >= 11 is 0. The Labute approximate surface area is 173 Å². The van der Waals surface area contributed by atoms with E-state index >= 15 is 0 Å². The number of fused-ring (bicyclic) bond motifs is 1. The van der Waals surface area contributed by atoms with Gasteiger partial charge in [0.15, 0.2) is 9.84 Å². The standard InChI is InChI=1S/C22H31N3O3S/c1-24(2)14-12-23-22(26)25-13-6-7-18(15-25)16-29(27,28)17-20-10-5-9-19-8-3-4-11-21(19)20/h3-5,8-11,18H,6-7,12-17H2,1-2H3,(H,23,26). The van der Waals surface area contributed by atoms with E-state index in [-0.39, 0.29) is 23.5 Å². The molecule has 0 aliphatic carbocycles.